The molecule has 1 heterocycles. The molecule has 0 unspecified atom stereocenters. The average Bonchev–Trinajstić information content (AvgIpc) is 3.02. The summed E-state index contributed by atoms with van der Waals surface area (Å²) in [6.45, 7) is 4.07. The molecule has 1 atom stereocenters. The summed E-state index contributed by atoms with van der Waals surface area (Å²) in [4.78, 5) is 29.2. The second-order valence-corrected chi connectivity index (χ2v) is 7.62. The second kappa shape index (κ2) is 8.93. The number of nitrogens with zero attached hydrogens (tertiary/aromatic N) is 1. The predicted molar refractivity (Wildman–Crippen MR) is 113 cm³/mol. The standard InChI is InChI=1S/C21H23N3O3S/c1-4-14-7-5-6-13(2)19(14)23-21-24-20(26)17(28-21)12-18(25)22-15-8-10-16(27-3)11-9-15/h5-11,17H,4,12H2,1-3H3,(H,22,25)(H,23,24,26)/t17-/m0/s1. The molecule has 2 aromatic rings. The molecule has 1 fully saturated rings. The van der Waals surface area contributed by atoms with E-state index in [-0.39, 0.29) is 18.2 Å². The van der Waals surface area contributed by atoms with Crippen molar-refractivity contribution in [2.24, 2.45) is 4.99 Å². The van der Waals surface area contributed by atoms with E-state index in [4.69, 9.17) is 4.74 Å². The summed E-state index contributed by atoms with van der Waals surface area (Å²) < 4.78 is 5.10. The average molecular weight is 398 g/mol. The minimum absolute atomic E-state index is 0.0793. The summed E-state index contributed by atoms with van der Waals surface area (Å²) in [6, 6.07) is 13.1. The minimum Gasteiger partial charge on any atom is -0.497 e. The summed E-state index contributed by atoms with van der Waals surface area (Å²) in [5.41, 5.74) is 3.73. The summed E-state index contributed by atoms with van der Waals surface area (Å²) in [5.74, 6) is 0.303. The molecule has 0 radical (unpaired) electrons. The van der Waals surface area contributed by atoms with E-state index in [2.05, 4.69) is 22.5 Å². The SMILES string of the molecule is CCc1cccc(C)c1N=C1NC(=O)[C@H](CC(=O)Nc2ccc(OC)cc2)S1. The number of hydrogen-bond donors (Lipinski definition) is 2. The van der Waals surface area contributed by atoms with E-state index >= 15 is 0 Å². The van der Waals surface area contributed by atoms with E-state index in [9.17, 15) is 9.59 Å². The quantitative estimate of drug-likeness (QED) is 0.777. The Balaban J connectivity index is 1.65. The number of para-hydroxylation sites is 1. The number of hydrogen-bond acceptors (Lipinski definition) is 5. The first kappa shape index (κ1) is 19.9. The number of amidine groups is 1. The van der Waals surface area contributed by atoms with Crippen molar-refractivity contribution in [2.45, 2.75) is 31.9 Å². The molecule has 1 aliphatic heterocycles. The summed E-state index contributed by atoms with van der Waals surface area (Å²) in [7, 11) is 1.59. The number of methoxy groups -OCH3 is 1. The molecule has 0 saturated carbocycles. The molecule has 3 rings (SSSR count). The van der Waals surface area contributed by atoms with Gasteiger partial charge in [0.25, 0.3) is 0 Å². The summed E-state index contributed by atoms with van der Waals surface area (Å²) >= 11 is 1.29. The molecule has 2 amide bonds. The van der Waals surface area contributed by atoms with Crippen LogP contribution in [0.5, 0.6) is 5.75 Å². The van der Waals surface area contributed by atoms with Crippen LogP contribution < -0.4 is 15.4 Å². The van der Waals surface area contributed by atoms with Crippen LogP contribution in [0.15, 0.2) is 47.5 Å². The third-order valence-corrected chi connectivity index (χ3v) is 5.52. The van der Waals surface area contributed by atoms with Crippen LogP contribution in [-0.2, 0) is 16.0 Å². The van der Waals surface area contributed by atoms with Crippen molar-refractivity contribution < 1.29 is 14.3 Å². The van der Waals surface area contributed by atoms with Gasteiger partial charge in [0.2, 0.25) is 11.8 Å². The van der Waals surface area contributed by atoms with Crippen LogP contribution in [-0.4, -0.2) is 29.3 Å². The van der Waals surface area contributed by atoms with Crippen molar-refractivity contribution in [3.8, 4) is 5.75 Å². The topological polar surface area (TPSA) is 79.8 Å². The molecule has 0 bridgehead atoms. The molecule has 1 saturated heterocycles. The van der Waals surface area contributed by atoms with Gasteiger partial charge < -0.3 is 15.4 Å². The largest absolute Gasteiger partial charge is 0.497 e. The number of carbonyl (C=O) groups excluding carboxylic acids is 2. The summed E-state index contributed by atoms with van der Waals surface area (Å²) in [5, 5.41) is 5.64. The molecule has 7 heteroatoms. The Hall–Kier alpha value is -2.80. The molecule has 1 aliphatic rings. The number of amides is 2. The Labute approximate surface area is 168 Å². The Morgan fingerprint density at radius 1 is 1.25 bits per heavy atom. The van der Waals surface area contributed by atoms with Gasteiger partial charge in [0.15, 0.2) is 5.17 Å². The predicted octanol–water partition coefficient (Wildman–Crippen LogP) is 3.81. The van der Waals surface area contributed by atoms with Crippen molar-refractivity contribution in [3.63, 3.8) is 0 Å². The smallest absolute Gasteiger partial charge is 0.240 e. The van der Waals surface area contributed by atoms with Gasteiger partial charge in [-0.1, -0.05) is 36.9 Å². The molecule has 0 aliphatic carbocycles. The van der Waals surface area contributed by atoms with E-state index < -0.39 is 5.25 Å². The lowest BCUT2D eigenvalue weighted by Gasteiger charge is -2.08. The van der Waals surface area contributed by atoms with Crippen LogP contribution in [0.4, 0.5) is 11.4 Å². The third-order valence-electron chi connectivity index (χ3n) is 4.44. The third kappa shape index (κ3) is 4.72. The lowest BCUT2D eigenvalue weighted by molar-refractivity contribution is -0.122. The van der Waals surface area contributed by atoms with Gasteiger partial charge in [-0.15, -0.1) is 0 Å². The molecule has 2 N–H and O–H groups in total. The van der Waals surface area contributed by atoms with E-state index in [1.807, 2.05) is 25.1 Å². The first-order chi connectivity index (χ1) is 13.5. The second-order valence-electron chi connectivity index (χ2n) is 6.43. The van der Waals surface area contributed by atoms with Crippen LogP contribution in [0.25, 0.3) is 0 Å². The van der Waals surface area contributed by atoms with Crippen molar-refractivity contribution in [1.82, 2.24) is 5.32 Å². The normalized spacial score (nSPS) is 17.5. The zero-order valence-corrected chi connectivity index (χ0v) is 16.9. The zero-order chi connectivity index (χ0) is 20.1. The maximum absolute atomic E-state index is 12.3. The van der Waals surface area contributed by atoms with Gasteiger partial charge >= 0.3 is 0 Å². The molecule has 6 nitrogen and oxygen atoms in total. The van der Waals surface area contributed by atoms with Gasteiger partial charge in [-0.2, -0.15) is 0 Å². The van der Waals surface area contributed by atoms with E-state index in [1.54, 1.807) is 31.4 Å². The highest BCUT2D eigenvalue weighted by atomic mass is 32.2. The summed E-state index contributed by atoms with van der Waals surface area (Å²) in [6.07, 6.45) is 0.941. The highest BCUT2D eigenvalue weighted by Gasteiger charge is 2.32. The van der Waals surface area contributed by atoms with Crippen LogP contribution >= 0.6 is 11.8 Å². The first-order valence-corrected chi connectivity index (χ1v) is 9.96. The molecule has 2 aromatic carbocycles. The van der Waals surface area contributed by atoms with Crippen LogP contribution in [0.3, 0.4) is 0 Å². The Morgan fingerprint density at radius 2 is 2.00 bits per heavy atom. The van der Waals surface area contributed by atoms with Crippen molar-refractivity contribution in [2.75, 3.05) is 12.4 Å². The number of rotatable bonds is 6. The van der Waals surface area contributed by atoms with Crippen molar-refractivity contribution >= 4 is 40.1 Å². The minimum atomic E-state index is -0.494. The number of carbonyl (C=O) groups is 2. The Kier molecular flexibility index (Phi) is 6.36. The fourth-order valence-electron chi connectivity index (χ4n) is 2.91. The lowest BCUT2D eigenvalue weighted by atomic mass is 10.1. The first-order valence-electron chi connectivity index (χ1n) is 9.08. The van der Waals surface area contributed by atoms with Gasteiger partial charge in [-0.25, -0.2) is 4.99 Å². The maximum Gasteiger partial charge on any atom is 0.240 e. The molecular formula is C21H23N3O3S. The lowest BCUT2D eigenvalue weighted by Crippen LogP contribution is -2.28. The van der Waals surface area contributed by atoms with E-state index in [0.717, 1.165) is 23.2 Å². The zero-order valence-electron chi connectivity index (χ0n) is 16.1. The van der Waals surface area contributed by atoms with Gasteiger partial charge in [-0.3, -0.25) is 9.59 Å². The molecule has 0 spiro atoms. The van der Waals surface area contributed by atoms with E-state index in [1.165, 1.54) is 11.8 Å². The monoisotopic (exact) mass is 397 g/mol. The highest BCUT2D eigenvalue weighted by Crippen LogP contribution is 2.29. The van der Waals surface area contributed by atoms with Gasteiger partial charge in [0.1, 0.15) is 11.0 Å². The van der Waals surface area contributed by atoms with Crippen LogP contribution in [0.1, 0.15) is 24.5 Å². The number of nitrogens with one attached hydrogen (secondary N) is 2. The molecule has 146 valence electrons. The molecule has 28 heavy (non-hydrogen) atoms. The Morgan fingerprint density at radius 3 is 2.68 bits per heavy atom. The number of aryl methyl sites for hydroxylation is 2. The molecule has 0 aromatic heterocycles. The number of benzene rings is 2. The number of aliphatic imine (C=N–C) groups is 1. The molecular weight excluding hydrogens is 374 g/mol. The number of anilines is 1. The number of ether oxygens (including phenoxy) is 1. The van der Waals surface area contributed by atoms with Gasteiger partial charge in [0.05, 0.1) is 12.8 Å². The fraction of sp³-hybridized carbons (Fsp3) is 0.286. The van der Waals surface area contributed by atoms with Gasteiger partial charge in [0, 0.05) is 12.1 Å². The Bertz CT molecular complexity index is 910. The van der Waals surface area contributed by atoms with Crippen molar-refractivity contribution in [1.29, 1.82) is 0 Å². The van der Waals surface area contributed by atoms with Crippen LogP contribution in [0.2, 0.25) is 0 Å². The van der Waals surface area contributed by atoms with Gasteiger partial charge in [-0.05, 0) is 48.7 Å². The fourth-order valence-corrected chi connectivity index (χ4v) is 3.89. The highest BCUT2D eigenvalue weighted by molar-refractivity contribution is 8.15. The number of thioether (sulfide) groups is 1. The van der Waals surface area contributed by atoms with E-state index in [0.29, 0.717) is 16.6 Å². The van der Waals surface area contributed by atoms with Crippen molar-refractivity contribution in [3.05, 3.63) is 53.6 Å². The maximum atomic E-state index is 12.3. The van der Waals surface area contributed by atoms with Crippen LogP contribution in [0, 0.1) is 6.92 Å².